The molecule has 7 heteroatoms. The maximum atomic E-state index is 12.2. The minimum Gasteiger partial charge on any atom is -0.497 e. The van der Waals surface area contributed by atoms with Crippen LogP contribution in [0.5, 0.6) is 11.6 Å². The number of benzene rings is 1. The van der Waals surface area contributed by atoms with Gasteiger partial charge in [-0.3, -0.25) is 4.79 Å². The molecule has 2 heterocycles. The van der Waals surface area contributed by atoms with Gasteiger partial charge in [-0.25, -0.2) is 9.97 Å². The van der Waals surface area contributed by atoms with E-state index in [4.69, 9.17) is 9.47 Å². The van der Waals surface area contributed by atoms with Gasteiger partial charge in [0.1, 0.15) is 5.75 Å². The second kappa shape index (κ2) is 7.76. The molecule has 0 saturated heterocycles. The molecule has 0 aliphatic carbocycles. The van der Waals surface area contributed by atoms with E-state index in [9.17, 15) is 4.79 Å². The predicted molar refractivity (Wildman–Crippen MR) is 97.2 cm³/mol. The SMILES string of the molecule is COc1cccc(CC(=O)Nc2nc(-c3ccnc(OC)c3)cs2)c1. The van der Waals surface area contributed by atoms with Crippen LogP contribution in [0.3, 0.4) is 0 Å². The molecule has 128 valence electrons. The molecule has 0 fully saturated rings. The van der Waals surface area contributed by atoms with E-state index in [0.717, 1.165) is 22.6 Å². The zero-order chi connectivity index (χ0) is 17.6. The van der Waals surface area contributed by atoms with Crippen LogP contribution in [0.1, 0.15) is 5.56 Å². The molecule has 0 bridgehead atoms. The molecule has 2 aromatic heterocycles. The highest BCUT2D eigenvalue weighted by atomic mass is 32.1. The molecule has 0 atom stereocenters. The maximum Gasteiger partial charge on any atom is 0.230 e. The van der Waals surface area contributed by atoms with Gasteiger partial charge in [-0.15, -0.1) is 11.3 Å². The molecule has 3 aromatic rings. The van der Waals surface area contributed by atoms with Crippen LogP contribution < -0.4 is 14.8 Å². The molecule has 0 saturated carbocycles. The number of methoxy groups -OCH3 is 2. The highest BCUT2D eigenvalue weighted by Crippen LogP contribution is 2.26. The van der Waals surface area contributed by atoms with Crippen LogP contribution in [-0.2, 0) is 11.2 Å². The third-order valence-corrected chi connectivity index (χ3v) is 4.25. The highest BCUT2D eigenvalue weighted by Gasteiger charge is 2.10. The Labute approximate surface area is 149 Å². The summed E-state index contributed by atoms with van der Waals surface area (Å²) >= 11 is 1.38. The zero-order valence-electron chi connectivity index (χ0n) is 13.9. The number of rotatable bonds is 6. The van der Waals surface area contributed by atoms with Crippen molar-refractivity contribution in [3.63, 3.8) is 0 Å². The molecule has 1 amide bonds. The minimum atomic E-state index is -0.124. The van der Waals surface area contributed by atoms with Gasteiger partial charge in [-0.1, -0.05) is 12.1 Å². The van der Waals surface area contributed by atoms with Crippen molar-refractivity contribution in [1.29, 1.82) is 0 Å². The smallest absolute Gasteiger partial charge is 0.230 e. The number of nitrogens with one attached hydrogen (secondary N) is 1. The molecule has 3 rings (SSSR count). The lowest BCUT2D eigenvalue weighted by Crippen LogP contribution is -2.14. The Bertz CT molecular complexity index is 879. The van der Waals surface area contributed by atoms with E-state index in [2.05, 4.69) is 15.3 Å². The topological polar surface area (TPSA) is 73.3 Å². The van der Waals surface area contributed by atoms with E-state index >= 15 is 0 Å². The number of hydrogen-bond donors (Lipinski definition) is 1. The van der Waals surface area contributed by atoms with Crippen molar-refractivity contribution in [1.82, 2.24) is 9.97 Å². The first-order valence-corrected chi connectivity index (χ1v) is 8.44. The number of pyridine rings is 1. The van der Waals surface area contributed by atoms with Crippen molar-refractivity contribution in [3.05, 3.63) is 53.5 Å². The Kier molecular flexibility index (Phi) is 5.25. The normalized spacial score (nSPS) is 10.3. The minimum absolute atomic E-state index is 0.124. The van der Waals surface area contributed by atoms with Crippen LogP contribution in [-0.4, -0.2) is 30.1 Å². The zero-order valence-corrected chi connectivity index (χ0v) is 14.7. The third-order valence-electron chi connectivity index (χ3n) is 3.49. The van der Waals surface area contributed by atoms with Gasteiger partial charge in [-0.05, 0) is 23.8 Å². The van der Waals surface area contributed by atoms with E-state index in [-0.39, 0.29) is 12.3 Å². The van der Waals surface area contributed by atoms with Crippen molar-refractivity contribution in [2.45, 2.75) is 6.42 Å². The molecule has 0 unspecified atom stereocenters. The lowest BCUT2D eigenvalue weighted by atomic mass is 10.1. The summed E-state index contributed by atoms with van der Waals surface area (Å²) in [6, 6.07) is 11.1. The molecular formula is C18H17N3O3S. The molecule has 0 radical (unpaired) electrons. The molecule has 0 aliphatic rings. The average molecular weight is 355 g/mol. The van der Waals surface area contributed by atoms with Crippen LogP contribution >= 0.6 is 11.3 Å². The second-order valence-corrected chi connectivity index (χ2v) is 6.06. The fraction of sp³-hybridized carbons (Fsp3) is 0.167. The van der Waals surface area contributed by atoms with E-state index in [1.807, 2.05) is 35.7 Å². The number of ether oxygens (including phenoxy) is 2. The monoisotopic (exact) mass is 355 g/mol. The summed E-state index contributed by atoms with van der Waals surface area (Å²) in [6.45, 7) is 0. The Hall–Kier alpha value is -2.93. The molecule has 1 N–H and O–H groups in total. The van der Waals surface area contributed by atoms with E-state index in [1.165, 1.54) is 11.3 Å². The Morgan fingerprint density at radius 2 is 2.08 bits per heavy atom. The Morgan fingerprint density at radius 1 is 1.20 bits per heavy atom. The maximum absolute atomic E-state index is 12.2. The van der Waals surface area contributed by atoms with Gasteiger partial charge in [-0.2, -0.15) is 0 Å². The van der Waals surface area contributed by atoms with Crippen LogP contribution in [0.2, 0.25) is 0 Å². The van der Waals surface area contributed by atoms with Gasteiger partial charge in [0.05, 0.1) is 26.3 Å². The average Bonchev–Trinajstić information content (AvgIpc) is 3.10. The van der Waals surface area contributed by atoms with Crippen LogP contribution in [0, 0.1) is 0 Å². The van der Waals surface area contributed by atoms with Crippen molar-refractivity contribution in [2.75, 3.05) is 19.5 Å². The number of amides is 1. The molecule has 1 aromatic carbocycles. The van der Waals surface area contributed by atoms with Gasteiger partial charge in [0.25, 0.3) is 0 Å². The fourth-order valence-electron chi connectivity index (χ4n) is 2.28. The summed E-state index contributed by atoms with van der Waals surface area (Å²) in [5, 5.41) is 5.27. The first-order valence-electron chi connectivity index (χ1n) is 7.56. The fourth-order valence-corrected chi connectivity index (χ4v) is 3.01. The quantitative estimate of drug-likeness (QED) is 0.733. The summed E-state index contributed by atoms with van der Waals surface area (Å²) < 4.78 is 10.3. The number of nitrogens with zero attached hydrogens (tertiary/aromatic N) is 2. The largest absolute Gasteiger partial charge is 0.497 e. The standard InChI is InChI=1S/C18H17N3O3S/c1-23-14-5-3-4-12(8-14)9-16(22)21-18-20-15(11-25-18)13-6-7-19-17(10-13)24-2/h3-8,10-11H,9H2,1-2H3,(H,20,21,22). The van der Waals surface area contributed by atoms with Crippen LogP contribution in [0.25, 0.3) is 11.3 Å². The van der Waals surface area contributed by atoms with Crippen LogP contribution in [0.4, 0.5) is 5.13 Å². The number of aromatic nitrogens is 2. The van der Waals surface area contributed by atoms with Gasteiger partial charge < -0.3 is 14.8 Å². The van der Waals surface area contributed by atoms with Gasteiger partial charge in [0, 0.05) is 23.2 Å². The van der Waals surface area contributed by atoms with Crippen molar-refractivity contribution in [3.8, 4) is 22.9 Å². The lowest BCUT2D eigenvalue weighted by molar-refractivity contribution is -0.115. The van der Waals surface area contributed by atoms with E-state index in [1.54, 1.807) is 26.5 Å². The van der Waals surface area contributed by atoms with Gasteiger partial charge in [0.15, 0.2) is 5.13 Å². The molecule has 6 nitrogen and oxygen atoms in total. The molecule has 0 aliphatic heterocycles. The summed E-state index contributed by atoms with van der Waals surface area (Å²) in [7, 11) is 3.17. The number of carbonyl (C=O) groups is 1. The first kappa shape index (κ1) is 16.9. The molecule has 25 heavy (non-hydrogen) atoms. The molecular weight excluding hydrogens is 338 g/mol. The highest BCUT2D eigenvalue weighted by molar-refractivity contribution is 7.14. The van der Waals surface area contributed by atoms with Crippen molar-refractivity contribution >= 4 is 22.4 Å². The number of carbonyl (C=O) groups excluding carboxylic acids is 1. The number of thiazole rings is 1. The number of anilines is 1. The number of hydrogen-bond acceptors (Lipinski definition) is 6. The predicted octanol–water partition coefficient (Wildman–Crippen LogP) is 3.40. The summed E-state index contributed by atoms with van der Waals surface area (Å²) in [6.07, 6.45) is 1.92. The lowest BCUT2D eigenvalue weighted by Gasteiger charge is -2.04. The van der Waals surface area contributed by atoms with Crippen molar-refractivity contribution in [2.24, 2.45) is 0 Å². The van der Waals surface area contributed by atoms with Crippen molar-refractivity contribution < 1.29 is 14.3 Å². The summed E-state index contributed by atoms with van der Waals surface area (Å²) in [5.41, 5.74) is 2.53. The summed E-state index contributed by atoms with van der Waals surface area (Å²) in [4.78, 5) is 20.7. The second-order valence-electron chi connectivity index (χ2n) is 5.20. The van der Waals surface area contributed by atoms with E-state index < -0.39 is 0 Å². The Morgan fingerprint density at radius 3 is 2.88 bits per heavy atom. The third kappa shape index (κ3) is 4.33. The molecule has 0 spiro atoms. The van der Waals surface area contributed by atoms with E-state index in [0.29, 0.717) is 11.0 Å². The van der Waals surface area contributed by atoms with Crippen LogP contribution in [0.15, 0.2) is 48.0 Å². The van der Waals surface area contributed by atoms with Gasteiger partial charge >= 0.3 is 0 Å². The van der Waals surface area contributed by atoms with Gasteiger partial charge in [0.2, 0.25) is 11.8 Å². The summed E-state index contributed by atoms with van der Waals surface area (Å²) in [5.74, 6) is 1.13. The Balaban J connectivity index is 1.67. The first-order chi connectivity index (χ1) is 12.2.